The number of alkyl halides is 3. The van der Waals surface area contributed by atoms with Crippen LogP contribution in [0.1, 0.15) is 29.9 Å². The lowest BCUT2D eigenvalue weighted by atomic mass is 9.90. The van der Waals surface area contributed by atoms with Crippen molar-refractivity contribution in [2.45, 2.75) is 31.0 Å². The molecule has 0 bridgehead atoms. The van der Waals surface area contributed by atoms with Crippen molar-refractivity contribution in [3.63, 3.8) is 0 Å². The maximum atomic E-state index is 12.8. The minimum atomic E-state index is -4.29. The Hall–Kier alpha value is -2.21. The highest BCUT2D eigenvalue weighted by atomic mass is 19.4. The Kier molecular flexibility index (Phi) is 5.00. The summed E-state index contributed by atoms with van der Waals surface area (Å²) in [5.74, 6) is 1.79. The summed E-state index contributed by atoms with van der Waals surface area (Å²) in [6.07, 6.45) is -2.31. The zero-order chi connectivity index (χ0) is 18.9. The van der Waals surface area contributed by atoms with Gasteiger partial charge >= 0.3 is 6.18 Å². The Balaban J connectivity index is 1.37. The van der Waals surface area contributed by atoms with Gasteiger partial charge in [-0.3, -0.25) is 4.90 Å². The summed E-state index contributed by atoms with van der Waals surface area (Å²) in [5.41, 5.74) is 0.379. The number of rotatable bonds is 3. The van der Waals surface area contributed by atoms with E-state index in [4.69, 9.17) is 9.47 Å². The van der Waals surface area contributed by atoms with Gasteiger partial charge in [0.05, 0.1) is 5.56 Å². The van der Waals surface area contributed by atoms with Crippen molar-refractivity contribution in [2.75, 3.05) is 26.2 Å². The van der Waals surface area contributed by atoms with Crippen LogP contribution in [0.4, 0.5) is 13.2 Å². The SMILES string of the molecule is FC(F)(F)c1ccc(C2CCCN(CC3COc4ccccc4O3)C2)cc1. The molecule has 2 aliphatic heterocycles. The zero-order valence-corrected chi connectivity index (χ0v) is 14.9. The Morgan fingerprint density at radius 1 is 1.00 bits per heavy atom. The molecule has 0 spiro atoms. The van der Waals surface area contributed by atoms with Gasteiger partial charge in [0.15, 0.2) is 11.5 Å². The van der Waals surface area contributed by atoms with Gasteiger partial charge in [-0.05, 0) is 55.1 Å². The van der Waals surface area contributed by atoms with Gasteiger partial charge in [-0.15, -0.1) is 0 Å². The van der Waals surface area contributed by atoms with Gasteiger partial charge in [0.2, 0.25) is 0 Å². The normalized spacial score (nSPS) is 23.2. The minimum Gasteiger partial charge on any atom is -0.486 e. The number of benzene rings is 2. The van der Waals surface area contributed by atoms with E-state index >= 15 is 0 Å². The van der Waals surface area contributed by atoms with E-state index in [1.54, 1.807) is 12.1 Å². The molecule has 0 N–H and O–H groups in total. The van der Waals surface area contributed by atoms with E-state index < -0.39 is 11.7 Å². The van der Waals surface area contributed by atoms with Crippen LogP contribution in [-0.4, -0.2) is 37.2 Å². The van der Waals surface area contributed by atoms with Crippen molar-refractivity contribution in [1.29, 1.82) is 0 Å². The predicted octanol–water partition coefficient (Wildman–Crippen LogP) is 4.72. The van der Waals surface area contributed by atoms with Crippen LogP contribution in [0.25, 0.3) is 0 Å². The molecule has 1 fully saturated rings. The second-order valence-corrected chi connectivity index (χ2v) is 7.22. The molecule has 0 aliphatic carbocycles. The van der Waals surface area contributed by atoms with E-state index in [2.05, 4.69) is 4.90 Å². The molecule has 0 aromatic heterocycles. The van der Waals surface area contributed by atoms with Crippen molar-refractivity contribution in [2.24, 2.45) is 0 Å². The van der Waals surface area contributed by atoms with Crippen molar-refractivity contribution in [3.05, 3.63) is 59.7 Å². The number of hydrogen-bond acceptors (Lipinski definition) is 3. The number of piperidine rings is 1. The number of likely N-dealkylation sites (tertiary alicyclic amines) is 1. The molecule has 2 unspecified atom stereocenters. The Morgan fingerprint density at radius 3 is 2.48 bits per heavy atom. The quantitative estimate of drug-likeness (QED) is 0.772. The monoisotopic (exact) mass is 377 g/mol. The third-order valence-electron chi connectivity index (χ3n) is 5.24. The van der Waals surface area contributed by atoms with Crippen LogP contribution in [0.5, 0.6) is 11.5 Å². The standard InChI is InChI=1S/C21H22F3NO2/c22-21(23,24)17-9-7-15(8-10-17)16-4-3-11-25(12-16)13-18-14-26-19-5-1-2-6-20(19)27-18/h1-2,5-10,16,18H,3-4,11-14H2. The van der Waals surface area contributed by atoms with Gasteiger partial charge in [-0.2, -0.15) is 13.2 Å². The lowest BCUT2D eigenvalue weighted by Gasteiger charge is -2.36. The molecule has 3 nitrogen and oxygen atoms in total. The Morgan fingerprint density at radius 2 is 1.74 bits per heavy atom. The van der Waals surface area contributed by atoms with Gasteiger partial charge in [-0.25, -0.2) is 0 Å². The minimum absolute atomic E-state index is 0.0359. The molecule has 2 atom stereocenters. The van der Waals surface area contributed by atoms with Gasteiger partial charge in [0.1, 0.15) is 12.7 Å². The van der Waals surface area contributed by atoms with Crippen molar-refractivity contribution < 1.29 is 22.6 Å². The predicted molar refractivity (Wildman–Crippen MR) is 96.2 cm³/mol. The molecule has 2 aromatic carbocycles. The van der Waals surface area contributed by atoms with Crippen LogP contribution >= 0.6 is 0 Å². The summed E-state index contributed by atoms with van der Waals surface area (Å²) in [6.45, 7) is 3.06. The first-order valence-electron chi connectivity index (χ1n) is 9.27. The van der Waals surface area contributed by atoms with Crippen LogP contribution in [0.15, 0.2) is 48.5 Å². The summed E-state index contributed by atoms with van der Waals surface area (Å²) in [6, 6.07) is 13.2. The molecular weight excluding hydrogens is 355 g/mol. The molecule has 144 valence electrons. The molecular formula is C21H22F3NO2. The van der Waals surface area contributed by atoms with Crippen LogP contribution in [0.2, 0.25) is 0 Å². The molecule has 27 heavy (non-hydrogen) atoms. The number of hydrogen-bond donors (Lipinski definition) is 0. The number of halogens is 3. The van der Waals surface area contributed by atoms with Gasteiger partial charge in [0.25, 0.3) is 0 Å². The summed E-state index contributed by atoms with van der Waals surface area (Å²) in [4.78, 5) is 2.33. The van der Waals surface area contributed by atoms with Crippen LogP contribution in [0.3, 0.4) is 0 Å². The average molecular weight is 377 g/mol. The van der Waals surface area contributed by atoms with E-state index in [0.717, 1.165) is 49.5 Å². The lowest BCUT2D eigenvalue weighted by molar-refractivity contribution is -0.137. The fourth-order valence-corrected chi connectivity index (χ4v) is 3.88. The molecule has 0 saturated carbocycles. The topological polar surface area (TPSA) is 21.7 Å². The molecule has 0 radical (unpaired) electrons. The van der Waals surface area contributed by atoms with Crippen molar-refractivity contribution >= 4 is 0 Å². The average Bonchev–Trinajstić information content (AvgIpc) is 2.68. The summed E-state index contributed by atoms with van der Waals surface area (Å²) in [7, 11) is 0. The molecule has 6 heteroatoms. The fraction of sp³-hybridized carbons (Fsp3) is 0.429. The zero-order valence-electron chi connectivity index (χ0n) is 14.9. The van der Waals surface area contributed by atoms with E-state index in [-0.39, 0.29) is 12.0 Å². The van der Waals surface area contributed by atoms with Crippen LogP contribution < -0.4 is 9.47 Å². The van der Waals surface area contributed by atoms with Crippen molar-refractivity contribution in [1.82, 2.24) is 4.90 Å². The number of ether oxygens (including phenoxy) is 2. The highest BCUT2D eigenvalue weighted by Crippen LogP contribution is 2.34. The number of para-hydroxylation sites is 2. The third-order valence-corrected chi connectivity index (χ3v) is 5.24. The summed E-state index contributed by atoms with van der Waals surface area (Å²) >= 11 is 0. The second kappa shape index (κ2) is 7.43. The summed E-state index contributed by atoms with van der Waals surface area (Å²) < 4.78 is 50.1. The second-order valence-electron chi connectivity index (χ2n) is 7.22. The van der Waals surface area contributed by atoms with E-state index in [0.29, 0.717) is 6.61 Å². The van der Waals surface area contributed by atoms with E-state index in [1.807, 2.05) is 24.3 Å². The van der Waals surface area contributed by atoms with Crippen LogP contribution in [-0.2, 0) is 6.18 Å². The molecule has 2 heterocycles. The molecule has 2 aromatic rings. The molecule has 4 rings (SSSR count). The Bertz CT molecular complexity index is 776. The first-order valence-corrected chi connectivity index (χ1v) is 9.27. The molecule has 0 amide bonds. The van der Waals surface area contributed by atoms with Crippen molar-refractivity contribution in [3.8, 4) is 11.5 Å². The maximum Gasteiger partial charge on any atom is 0.416 e. The van der Waals surface area contributed by atoms with Gasteiger partial charge in [-0.1, -0.05) is 24.3 Å². The summed E-state index contributed by atoms with van der Waals surface area (Å²) in [5, 5.41) is 0. The largest absolute Gasteiger partial charge is 0.486 e. The van der Waals surface area contributed by atoms with E-state index in [9.17, 15) is 13.2 Å². The van der Waals surface area contributed by atoms with Crippen LogP contribution in [0, 0.1) is 0 Å². The lowest BCUT2D eigenvalue weighted by Crippen LogP contribution is -2.44. The highest BCUT2D eigenvalue weighted by molar-refractivity contribution is 5.40. The molecule has 1 saturated heterocycles. The van der Waals surface area contributed by atoms with Gasteiger partial charge in [0, 0.05) is 13.1 Å². The maximum absolute atomic E-state index is 12.8. The number of fused-ring (bicyclic) bond motifs is 1. The third kappa shape index (κ3) is 4.21. The first kappa shape index (κ1) is 18.2. The Labute approximate surface area is 156 Å². The highest BCUT2D eigenvalue weighted by Gasteiger charge is 2.31. The molecule has 2 aliphatic rings. The number of nitrogens with zero attached hydrogens (tertiary/aromatic N) is 1. The smallest absolute Gasteiger partial charge is 0.416 e. The first-order chi connectivity index (χ1) is 13.0. The fourth-order valence-electron chi connectivity index (χ4n) is 3.88. The van der Waals surface area contributed by atoms with Gasteiger partial charge < -0.3 is 9.47 Å². The van der Waals surface area contributed by atoms with E-state index in [1.165, 1.54) is 12.1 Å².